The minimum Gasteiger partial charge on any atom is -0.342 e. The van der Waals surface area contributed by atoms with E-state index in [2.05, 4.69) is 0 Å². The molecule has 0 N–H and O–H groups in total. The Hall–Kier alpha value is -2.35. The minimum atomic E-state index is -3.80. The molecule has 0 radical (unpaired) electrons. The van der Waals surface area contributed by atoms with Gasteiger partial charge in [0.05, 0.1) is 4.90 Å². The first kappa shape index (κ1) is 19.9. The molecule has 2 fully saturated rings. The van der Waals surface area contributed by atoms with Crippen LogP contribution in [0.15, 0.2) is 35.4 Å². The number of amides is 2. The SMILES string of the molecule is O=C(Cn1cc(S(=O)(=O)CC(=O)N2CCCC2)c2ccccc21)N1CCCCC1. The molecule has 0 aliphatic carbocycles. The zero-order valence-corrected chi connectivity index (χ0v) is 17.4. The minimum absolute atomic E-state index is 0.00236. The molecule has 29 heavy (non-hydrogen) atoms. The molecule has 0 saturated carbocycles. The lowest BCUT2D eigenvalue weighted by molar-refractivity contribution is -0.132. The molecule has 2 aromatic rings. The van der Waals surface area contributed by atoms with Crippen molar-refractivity contribution in [3.8, 4) is 0 Å². The van der Waals surface area contributed by atoms with Crippen molar-refractivity contribution >= 4 is 32.6 Å². The van der Waals surface area contributed by atoms with Gasteiger partial charge in [0.25, 0.3) is 0 Å². The van der Waals surface area contributed by atoms with Crippen LogP contribution in [0.3, 0.4) is 0 Å². The number of hydrogen-bond donors (Lipinski definition) is 0. The number of para-hydroxylation sites is 1. The second-order valence-electron chi connectivity index (χ2n) is 7.93. The highest BCUT2D eigenvalue weighted by molar-refractivity contribution is 7.92. The smallest absolute Gasteiger partial charge is 0.242 e. The van der Waals surface area contributed by atoms with Crippen molar-refractivity contribution in [1.82, 2.24) is 14.4 Å². The van der Waals surface area contributed by atoms with E-state index in [0.29, 0.717) is 24.0 Å². The molecule has 2 amide bonds. The van der Waals surface area contributed by atoms with Gasteiger partial charge in [-0.2, -0.15) is 0 Å². The number of benzene rings is 1. The molecule has 8 heteroatoms. The molecule has 2 aliphatic heterocycles. The summed E-state index contributed by atoms with van der Waals surface area (Å²) in [4.78, 5) is 28.8. The average Bonchev–Trinajstić information content (AvgIpc) is 3.37. The molecule has 156 valence electrons. The van der Waals surface area contributed by atoms with Gasteiger partial charge in [0.2, 0.25) is 11.8 Å². The maximum absolute atomic E-state index is 13.1. The molecule has 3 heterocycles. The molecular weight excluding hydrogens is 390 g/mol. The summed E-state index contributed by atoms with van der Waals surface area (Å²) >= 11 is 0. The molecule has 0 bridgehead atoms. The average molecular weight is 418 g/mol. The summed E-state index contributed by atoms with van der Waals surface area (Å²) in [5.74, 6) is -0.868. The van der Waals surface area contributed by atoms with Crippen LogP contribution in [-0.2, 0) is 26.0 Å². The number of piperidine rings is 1. The number of likely N-dealkylation sites (tertiary alicyclic amines) is 2. The maximum atomic E-state index is 13.1. The van der Waals surface area contributed by atoms with Gasteiger partial charge in [0.15, 0.2) is 9.84 Å². The van der Waals surface area contributed by atoms with Gasteiger partial charge < -0.3 is 14.4 Å². The highest BCUT2D eigenvalue weighted by atomic mass is 32.2. The van der Waals surface area contributed by atoms with Gasteiger partial charge in [-0.25, -0.2) is 8.42 Å². The van der Waals surface area contributed by atoms with Crippen molar-refractivity contribution < 1.29 is 18.0 Å². The van der Waals surface area contributed by atoms with E-state index in [1.165, 1.54) is 6.20 Å². The highest BCUT2D eigenvalue weighted by Gasteiger charge is 2.28. The Morgan fingerprint density at radius 2 is 1.41 bits per heavy atom. The van der Waals surface area contributed by atoms with E-state index in [-0.39, 0.29) is 23.3 Å². The number of carbonyl (C=O) groups excluding carboxylic acids is 2. The fraction of sp³-hybridized carbons (Fsp3) is 0.524. The van der Waals surface area contributed by atoms with Gasteiger partial charge in [0, 0.05) is 43.3 Å². The third kappa shape index (κ3) is 4.17. The number of sulfone groups is 1. The quantitative estimate of drug-likeness (QED) is 0.746. The summed E-state index contributed by atoms with van der Waals surface area (Å²) in [7, 11) is -3.80. The predicted molar refractivity (Wildman–Crippen MR) is 110 cm³/mol. The number of fused-ring (bicyclic) bond motifs is 1. The van der Waals surface area contributed by atoms with Crippen LogP contribution in [-0.4, -0.2) is 66.5 Å². The summed E-state index contributed by atoms with van der Waals surface area (Å²) < 4.78 is 27.8. The third-order valence-electron chi connectivity index (χ3n) is 5.87. The van der Waals surface area contributed by atoms with E-state index in [0.717, 1.165) is 45.2 Å². The fourth-order valence-electron chi connectivity index (χ4n) is 4.28. The molecular formula is C21H27N3O4S. The largest absolute Gasteiger partial charge is 0.342 e. The number of aromatic nitrogens is 1. The van der Waals surface area contributed by atoms with Crippen LogP contribution in [0.5, 0.6) is 0 Å². The van der Waals surface area contributed by atoms with Crippen LogP contribution in [0, 0.1) is 0 Å². The predicted octanol–water partition coefficient (Wildman–Crippen LogP) is 2.05. The van der Waals surface area contributed by atoms with E-state index in [9.17, 15) is 18.0 Å². The zero-order chi connectivity index (χ0) is 20.4. The molecule has 1 aromatic heterocycles. The molecule has 2 aliphatic rings. The topological polar surface area (TPSA) is 79.7 Å². The Bertz CT molecular complexity index is 1020. The number of rotatable bonds is 5. The van der Waals surface area contributed by atoms with Gasteiger partial charge >= 0.3 is 0 Å². The maximum Gasteiger partial charge on any atom is 0.242 e. The molecule has 1 aromatic carbocycles. The molecule has 0 unspecified atom stereocenters. The van der Waals surface area contributed by atoms with Crippen molar-refractivity contribution in [2.75, 3.05) is 31.9 Å². The molecule has 0 spiro atoms. The summed E-state index contributed by atoms with van der Waals surface area (Å²) in [6, 6.07) is 7.17. The van der Waals surface area contributed by atoms with Crippen LogP contribution in [0.2, 0.25) is 0 Å². The summed E-state index contributed by atoms with van der Waals surface area (Å²) in [5.41, 5.74) is 0.699. The molecule has 4 rings (SSSR count). The first-order valence-corrected chi connectivity index (χ1v) is 12.0. The first-order valence-electron chi connectivity index (χ1n) is 10.3. The zero-order valence-electron chi connectivity index (χ0n) is 16.5. The van der Waals surface area contributed by atoms with E-state index in [4.69, 9.17) is 0 Å². The van der Waals surface area contributed by atoms with Crippen LogP contribution in [0.4, 0.5) is 0 Å². The summed E-state index contributed by atoms with van der Waals surface area (Å²) in [5, 5.41) is 0.563. The third-order valence-corrected chi connectivity index (χ3v) is 7.50. The Morgan fingerprint density at radius 3 is 2.10 bits per heavy atom. The van der Waals surface area contributed by atoms with Crippen molar-refractivity contribution in [1.29, 1.82) is 0 Å². The molecule has 7 nitrogen and oxygen atoms in total. The van der Waals surface area contributed by atoms with E-state index in [1.807, 2.05) is 17.0 Å². The van der Waals surface area contributed by atoms with Gasteiger partial charge in [-0.05, 0) is 38.2 Å². The van der Waals surface area contributed by atoms with Crippen molar-refractivity contribution in [2.45, 2.75) is 43.5 Å². The molecule has 0 atom stereocenters. The monoisotopic (exact) mass is 417 g/mol. The summed E-state index contributed by atoms with van der Waals surface area (Å²) in [6.07, 6.45) is 6.53. The fourth-order valence-corrected chi connectivity index (χ4v) is 5.74. The molecule has 2 saturated heterocycles. The van der Waals surface area contributed by atoms with Gasteiger partial charge in [0.1, 0.15) is 12.3 Å². The van der Waals surface area contributed by atoms with Crippen LogP contribution >= 0.6 is 0 Å². The van der Waals surface area contributed by atoms with E-state index < -0.39 is 15.6 Å². The Morgan fingerprint density at radius 1 is 0.828 bits per heavy atom. The highest BCUT2D eigenvalue weighted by Crippen LogP contribution is 2.27. The second-order valence-corrected chi connectivity index (χ2v) is 9.88. The van der Waals surface area contributed by atoms with Crippen LogP contribution in [0.1, 0.15) is 32.1 Å². The standard InChI is InChI=1S/C21H27N3O4S/c25-20(22-10-4-1-5-11-22)15-24-14-19(17-8-2-3-9-18(17)24)29(27,28)16-21(26)23-12-6-7-13-23/h2-3,8-9,14H,1,4-7,10-13,15-16H2. The van der Waals surface area contributed by atoms with E-state index >= 15 is 0 Å². The summed E-state index contributed by atoms with van der Waals surface area (Å²) in [6.45, 7) is 2.87. The lowest BCUT2D eigenvalue weighted by atomic mass is 10.1. The first-order chi connectivity index (χ1) is 14.0. The normalized spacial score (nSPS) is 17.8. The Labute approximate surface area is 171 Å². The van der Waals surface area contributed by atoms with E-state index in [1.54, 1.807) is 21.6 Å². The Kier molecular flexibility index (Phi) is 5.63. The second kappa shape index (κ2) is 8.18. The van der Waals surface area contributed by atoms with Crippen LogP contribution in [0.25, 0.3) is 10.9 Å². The van der Waals surface area contributed by atoms with Crippen molar-refractivity contribution in [3.63, 3.8) is 0 Å². The Balaban J connectivity index is 1.61. The lowest BCUT2D eigenvalue weighted by Gasteiger charge is -2.27. The van der Waals surface area contributed by atoms with Crippen LogP contribution < -0.4 is 0 Å². The van der Waals surface area contributed by atoms with Gasteiger partial charge in [-0.3, -0.25) is 9.59 Å². The van der Waals surface area contributed by atoms with Gasteiger partial charge in [-0.1, -0.05) is 18.2 Å². The number of nitrogens with zero attached hydrogens (tertiary/aromatic N) is 3. The van der Waals surface area contributed by atoms with Crippen molar-refractivity contribution in [3.05, 3.63) is 30.5 Å². The number of carbonyl (C=O) groups is 2. The lowest BCUT2D eigenvalue weighted by Crippen LogP contribution is -2.37. The van der Waals surface area contributed by atoms with Crippen molar-refractivity contribution in [2.24, 2.45) is 0 Å². The number of hydrogen-bond acceptors (Lipinski definition) is 4. The van der Waals surface area contributed by atoms with Gasteiger partial charge in [-0.15, -0.1) is 0 Å².